The van der Waals surface area contributed by atoms with E-state index >= 15 is 0 Å². The summed E-state index contributed by atoms with van der Waals surface area (Å²) in [6.45, 7) is 2.71. The van der Waals surface area contributed by atoms with Gasteiger partial charge in [-0.25, -0.2) is 9.97 Å². The van der Waals surface area contributed by atoms with Gasteiger partial charge in [-0.3, -0.25) is 4.57 Å². The molecule has 1 unspecified atom stereocenters. The van der Waals surface area contributed by atoms with Crippen LogP contribution in [0.4, 0.5) is 5.69 Å². The normalized spacial score (nSPS) is 19.0. The second-order valence-corrected chi connectivity index (χ2v) is 4.49. The molecule has 0 radical (unpaired) electrons. The quantitative estimate of drug-likeness (QED) is 0.889. The molecule has 0 aliphatic carbocycles. The molecule has 2 aromatic rings. The molecule has 94 valence electrons. The predicted octanol–water partition coefficient (Wildman–Crippen LogP) is 1.72. The monoisotopic (exact) mass is 244 g/mol. The lowest BCUT2D eigenvalue weighted by Crippen LogP contribution is -2.14. The van der Waals surface area contributed by atoms with E-state index in [1.54, 1.807) is 12.5 Å². The van der Waals surface area contributed by atoms with Gasteiger partial charge in [0.1, 0.15) is 12.1 Å². The lowest BCUT2D eigenvalue weighted by molar-refractivity contribution is 0.187. The van der Waals surface area contributed by atoms with Crippen LogP contribution in [0.2, 0.25) is 0 Å². The molecule has 1 fully saturated rings. The zero-order chi connectivity index (χ0) is 12.2. The summed E-state index contributed by atoms with van der Waals surface area (Å²) in [7, 11) is 0. The van der Waals surface area contributed by atoms with Crippen molar-refractivity contribution in [3.05, 3.63) is 37.1 Å². The third kappa shape index (κ3) is 2.51. The minimum atomic E-state index is 0.623. The summed E-state index contributed by atoms with van der Waals surface area (Å²) in [5, 5.41) is 3.39. The maximum atomic E-state index is 5.35. The number of nitrogens with one attached hydrogen (secondary N) is 1. The van der Waals surface area contributed by atoms with E-state index < -0.39 is 0 Å². The van der Waals surface area contributed by atoms with Crippen molar-refractivity contribution in [3.63, 3.8) is 0 Å². The van der Waals surface area contributed by atoms with E-state index in [9.17, 15) is 0 Å². The van der Waals surface area contributed by atoms with E-state index in [0.29, 0.717) is 5.92 Å². The van der Waals surface area contributed by atoms with Crippen LogP contribution in [0.5, 0.6) is 0 Å². The summed E-state index contributed by atoms with van der Waals surface area (Å²) in [4.78, 5) is 8.40. The van der Waals surface area contributed by atoms with Crippen LogP contribution in [-0.2, 0) is 4.74 Å². The van der Waals surface area contributed by atoms with Crippen molar-refractivity contribution in [2.45, 2.75) is 6.42 Å². The summed E-state index contributed by atoms with van der Waals surface area (Å²) in [6.07, 6.45) is 8.36. The Morgan fingerprint density at radius 3 is 3.11 bits per heavy atom. The Hall–Kier alpha value is -1.88. The highest BCUT2D eigenvalue weighted by Gasteiger charge is 2.14. The Balaban J connectivity index is 1.60. The molecular weight excluding hydrogens is 228 g/mol. The van der Waals surface area contributed by atoms with Crippen molar-refractivity contribution in [2.75, 3.05) is 25.1 Å². The number of anilines is 1. The molecule has 1 atom stereocenters. The highest BCUT2D eigenvalue weighted by Crippen LogP contribution is 2.14. The molecule has 0 saturated carbocycles. The van der Waals surface area contributed by atoms with E-state index in [2.05, 4.69) is 15.3 Å². The van der Waals surface area contributed by atoms with Gasteiger partial charge in [-0.15, -0.1) is 0 Å². The first-order chi connectivity index (χ1) is 8.92. The van der Waals surface area contributed by atoms with Gasteiger partial charge in [0.05, 0.1) is 18.5 Å². The molecule has 1 N–H and O–H groups in total. The molecule has 3 heterocycles. The van der Waals surface area contributed by atoms with E-state index in [0.717, 1.165) is 37.7 Å². The Morgan fingerprint density at radius 1 is 1.44 bits per heavy atom. The molecule has 1 saturated heterocycles. The minimum absolute atomic E-state index is 0.623. The summed E-state index contributed by atoms with van der Waals surface area (Å²) in [5.41, 5.74) is 1.05. The van der Waals surface area contributed by atoms with Crippen molar-refractivity contribution in [2.24, 2.45) is 5.92 Å². The number of aromatic nitrogens is 3. The molecule has 3 rings (SSSR count). The van der Waals surface area contributed by atoms with Crippen LogP contribution in [0.3, 0.4) is 0 Å². The maximum Gasteiger partial charge on any atom is 0.137 e. The van der Waals surface area contributed by atoms with Gasteiger partial charge in [-0.1, -0.05) is 0 Å². The fourth-order valence-corrected chi connectivity index (χ4v) is 2.04. The van der Waals surface area contributed by atoms with Gasteiger partial charge in [-0.2, -0.15) is 0 Å². The van der Waals surface area contributed by atoms with Crippen molar-refractivity contribution >= 4 is 5.69 Å². The van der Waals surface area contributed by atoms with Gasteiger partial charge >= 0.3 is 0 Å². The fraction of sp³-hybridized carbons (Fsp3) is 0.385. The molecule has 5 heteroatoms. The lowest BCUT2D eigenvalue weighted by atomic mass is 10.1. The predicted molar refractivity (Wildman–Crippen MR) is 68.8 cm³/mol. The summed E-state index contributed by atoms with van der Waals surface area (Å²) >= 11 is 0. The lowest BCUT2D eigenvalue weighted by Gasteiger charge is -2.10. The van der Waals surface area contributed by atoms with Crippen LogP contribution in [0.25, 0.3) is 5.82 Å². The zero-order valence-corrected chi connectivity index (χ0v) is 10.1. The first-order valence-electron chi connectivity index (χ1n) is 6.18. The van der Waals surface area contributed by atoms with Gasteiger partial charge < -0.3 is 10.1 Å². The SMILES string of the molecule is c1cn(-c2ccc(NCC3CCOC3)cn2)cn1. The van der Waals surface area contributed by atoms with Crippen LogP contribution in [0.15, 0.2) is 37.1 Å². The number of pyridine rings is 1. The number of imidazole rings is 1. The number of hydrogen-bond acceptors (Lipinski definition) is 4. The topological polar surface area (TPSA) is 52.0 Å². The standard InChI is InChI=1S/C13H16N4O/c1-2-13(17-5-4-14-10-17)16-8-12(1)15-7-11-3-6-18-9-11/h1-2,4-5,8,10-11,15H,3,6-7,9H2. The molecule has 1 aliphatic rings. The van der Waals surface area contributed by atoms with Gasteiger partial charge in [0.25, 0.3) is 0 Å². The fourth-order valence-electron chi connectivity index (χ4n) is 2.04. The second kappa shape index (κ2) is 5.18. The van der Waals surface area contributed by atoms with Crippen molar-refractivity contribution in [1.82, 2.24) is 14.5 Å². The molecule has 0 amide bonds. The molecule has 2 aromatic heterocycles. The Labute approximate surface area is 106 Å². The maximum absolute atomic E-state index is 5.35. The van der Waals surface area contributed by atoms with E-state index in [4.69, 9.17) is 4.74 Å². The van der Waals surface area contributed by atoms with E-state index in [1.165, 1.54) is 0 Å². The average molecular weight is 244 g/mol. The zero-order valence-electron chi connectivity index (χ0n) is 10.1. The molecule has 5 nitrogen and oxygen atoms in total. The van der Waals surface area contributed by atoms with Crippen molar-refractivity contribution < 1.29 is 4.74 Å². The number of nitrogens with zero attached hydrogens (tertiary/aromatic N) is 3. The second-order valence-electron chi connectivity index (χ2n) is 4.49. The van der Waals surface area contributed by atoms with E-state index in [-0.39, 0.29) is 0 Å². The first kappa shape index (κ1) is 11.2. The van der Waals surface area contributed by atoms with E-state index in [1.807, 2.05) is 29.1 Å². The van der Waals surface area contributed by atoms with Gasteiger partial charge in [0.15, 0.2) is 0 Å². The van der Waals surface area contributed by atoms with Crippen molar-refractivity contribution in [3.8, 4) is 5.82 Å². The van der Waals surface area contributed by atoms with Gasteiger partial charge in [0, 0.05) is 31.5 Å². The number of hydrogen-bond donors (Lipinski definition) is 1. The largest absolute Gasteiger partial charge is 0.383 e. The molecule has 0 bridgehead atoms. The Bertz CT molecular complexity index is 474. The minimum Gasteiger partial charge on any atom is -0.383 e. The molecule has 0 spiro atoms. The summed E-state index contributed by atoms with van der Waals surface area (Å²) in [5.74, 6) is 1.50. The number of ether oxygens (including phenoxy) is 1. The third-order valence-corrected chi connectivity index (χ3v) is 3.14. The Kier molecular flexibility index (Phi) is 3.23. The molecule has 0 aromatic carbocycles. The highest BCUT2D eigenvalue weighted by atomic mass is 16.5. The Morgan fingerprint density at radius 2 is 2.44 bits per heavy atom. The van der Waals surface area contributed by atoms with Crippen LogP contribution < -0.4 is 5.32 Å². The number of rotatable bonds is 4. The van der Waals surface area contributed by atoms with Gasteiger partial charge in [-0.05, 0) is 18.6 Å². The average Bonchev–Trinajstić information content (AvgIpc) is 3.10. The van der Waals surface area contributed by atoms with Gasteiger partial charge in [0.2, 0.25) is 0 Å². The van der Waals surface area contributed by atoms with Crippen LogP contribution in [0.1, 0.15) is 6.42 Å². The summed E-state index contributed by atoms with van der Waals surface area (Å²) in [6, 6.07) is 4.02. The third-order valence-electron chi connectivity index (χ3n) is 3.14. The molecular formula is C13H16N4O. The highest BCUT2D eigenvalue weighted by molar-refractivity contribution is 5.43. The van der Waals surface area contributed by atoms with Crippen molar-refractivity contribution in [1.29, 1.82) is 0 Å². The first-order valence-corrected chi connectivity index (χ1v) is 6.18. The van der Waals surface area contributed by atoms with Crippen LogP contribution in [-0.4, -0.2) is 34.3 Å². The summed E-state index contributed by atoms with van der Waals surface area (Å²) < 4.78 is 7.23. The smallest absolute Gasteiger partial charge is 0.137 e. The van der Waals surface area contributed by atoms with Crippen LogP contribution in [0, 0.1) is 5.92 Å². The van der Waals surface area contributed by atoms with Crippen LogP contribution >= 0.6 is 0 Å². The molecule has 18 heavy (non-hydrogen) atoms. The molecule has 1 aliphatic heterocycles.